The molecule has 0 fully saturated rings. The second-order valence-corrected chi connectivity index (χ2v) is 5.94. The molecule has 0 saturated carbocycles. The van der Waals surface area contributed by atoms with Gasteiger partial charge in [0.05, 0.1) is 5.39 Å². The molecule has 0 unspecified atom stereocenters. The SMILES string of the molecule is Cc1sc2ncnc(NCc3ccccc3N)c2c1C. The number of hydrogen-bond donors (Lipinski definition) is 2. The average Bonchev–Trinajstić information content (AvgIpc) is 2.74. The number of para-hydroxylation sites is 1. The number of nitrogens with one attached hydrogen (secondary N) is 1. The topological polar surface area (TPSA) is 63.8 Å². The minimum absolute atomic E-state index is 0.660. The van der Waals surface area contributed by atoms with Gasteiger partial charge in [0, 0.05) is 17.1 Å². The van der Waals surface area contributed by atoms with E-state index in [1.807, 2.05) is 24.3 Å². The minimum Gasteiger partial charge on any atom is -0.398 e. The Morgan fingerprint density at radius 2 is 2.00 bits per heavy atom. The highest BCUT2D eigenvalue weighted by Gasteiger charge is 2.11. The van der Waals surface area contributed by atoms with Crippen LogP contribution < -0.4 is 11.1 Å². The molecule has 5 heteroatoms. The molecule has 0 atom stereocenters. The van der Waals surface area contributed by atoms with E-state index in [0.717, 1.165) is 27.3 Å². The number of anilines is 2. The summed E-state index contributed by atoms with van der Waals surface area (Å²) in [6.07, 6.45) is 1.61. The van der Waals surface area contributed by atoms with Gasteiger partial charge in [-0.1, -0.05) is 18.2 Å². The standard InChI is InChI=1S/C15H16N4S/c1-9-10(2)20-15-13(9)14(18-8-19-15)17-7-11-5-3-4-6-12(11)16/h3-6,8H,7,16H2,1-2H3,(H,17,18,19). The van der Waals surface area contributed by atoms with Crippen LogP contribution in [0.25, 0.3) is 10.2 Å². The molecule has 2 aromatic heterocycles. The van der Waals surface area contributed by atoms with Crippen LogP contribution in [0, 0.1) is 13.8 Å². The number of thiophene rings is 1. The van der Waals surface area contributed by atoms with E-state index in [-0.39, 0.29) is 0 Å². The zero-order valence-electron chi connectivity index (χ0n) is 11.5. The van der Waals surface area contributed by atoms with Crippen molar-refractivity contribution >= 4 is 33.1 Å². The predicted octanol–water partition coefficient (Wildman–Crippen LogP) is 3.50. The van der Waals surface area contributed by atoms with Crippen molar-refractivity contribution in [1.29, 1.82) is 0 Å². The first-order valence-corrected chi connectivity index (χ1v) is 7.26. The van der Waals surface area contributed by atoms with Gasteiger partial charge < -0.3 is 11.1 Å². The zero-order valence-corrected chi connectivity index (χ0v) is 12.3. The highest BCUT2D eigenvalue weighted by Crippen LogP contribution is 2.32. The lowest BCUT2D eigenvalue weighted by molar-refractivity contribution is 1.11. The normalized spacial score (nSPS) is 10.9. The zero-order chi connectivity index (χ0) is 14.1. The van der Waals surface area contributed by atoms with Crippen LogP contribution in [-0.4, -0.2) is 9.97 Å². The van der Waals surface area contributed by atoms with E-state index in [1.165, 1.54) is 10.4 Å². The summed E-state index contributed by atoms with van der Waals surface area (Å²) in [7, 11) is 0. The van der Waals surface area contributed by atoms with E-state index in [0.29, 0.717) is 6.54 Å². The van der Waals surface area contributed by atoms with Crippen LogP contribution in [0.4, 0.5) is 11.5 Å². The molecule has 3 aromatic rings. The van der Waals surface area contributed by atoms with Crippen molar-refractivity contribution in [2.45, 2.75) is 20.4 Å². The summed E-state index contributed by atoms with van der Waals surface area (Å²) in [5.74, 6) is 0.875. The number of rotatable bonds is 3. The van der Waals surface area contributed by atoms with E-state index in [2.05, 4.69) is 29.1 Å². The lowest BCUT2D eigenvalue weighted by Gasteiger charge is -2.09. The number of aromatic nitrogens is 2. The maximum atomic E-state index is 5.96. The summed E-state index contributed by atoms with van der Waals surface area (Å²) in [5.41, 5.74) is 9.07. The molecule has 102 valence electrons. The number of hydrogen-bond acceptors (Lipinski definition) is 5. The molecule has 0 saturated heterocycles. The number of aryl methyl sites for hydroxylation is 2. The Balaban J connectivity index is 1.94. The quantitative estimate of drug-likeness (QED) is 0.722. The van der Waals surface area contributed by atoms with Gasteiger partial charge in [-0.25, -0.2) is 9.97 Å². The Labute approximate surface area is 121 Å². The van der Waals surface area contributed by atoms with Gasteiger partial charge >= 0.3 is 0 Å². The van der Waals surface area contributed by atoms with E-state index in [9.17, 15) is 0 Å². The molecule has 3 N–H and O–H groups in total. The molecule has 3 rings (SSSR count). The molecule has 0 spiro atoms. The molecule has 0 bridgehead atoms. The van der Waals surface area contributed by atoms with Crippen LogP contribution in [0.1, 0.15) is 16.0 Å². The average molecular weight is 284 g/mol. The molecule has 0 amide bonds. The summed E-state index contributed by atoms with van der Waals surface area (Å²) >= 11 is 1.70. The fraction of sp³-hybridized carbons (Fsp3) is 0.200. The van der Waals surface area contributed by atoms with Crippen molar-refractivity contribution in [2.24, 2.45) is 0 Å². The largest absolute Gasteiger partial charge is 0.398 e. The number of benzene rings is 1. The first-order valence-electron chi connectivity index (χ1n) is 6.44. The van der Waals surface area contributed by atoms with E-state index < -0.39 is 0 Å². The first kappa shape index (κ1) is 12.9. The first-order chi connectivity index (χ1) is 9.66. The third kappa shape index (κ3) is 2.20. The molecule has 0 radical (unpaired) electrons. The van der Waals surface area contributed by atoms with E-state index in [4.69, 9.17) is 5.73 Å². The van der Waals surface area contributed by atoms with E-state index in [1.54, 1.807) is 17.7 Å². The van der Waals surface area contributed by atoms with Crippen LogP contribution in [0.3, 0.4) is 0 Å². The monoisotopic (exact) mass is 284 g/mol. The maximum absolute atomic E-state index is 5.96. The van der Waals surface area contributed by atoms with Crippen LogP contribution in [0.15, 0.2) is 30.6 Å². The smallest absolute Gasteiger partial charge is 0.138 e. The number of nitrogen functional groups attached to an aromatic ring is 1. The molecule has 2 heterocycles. The van der Waals surface area contributed by atoms with Crippen molar-refractivity contribution < 1.29 is 0 Å². The van der Waals surface area contributed by atoms with Crippen LogP contribution in [-0.2, 0) is 6.54 Å². The molecule has 0 aliphatic heterocycles. The van der Waals surface area contributed by atoms with Gasteiger partial charge in [-0.05, 0) is 31.0 Å². The summed E-state index contributed by atoms with van der Waals surface area (Å²) < 4.78 is 0. The molecule has 0 aliphatic carbocycles. The van der Waals surface area contributed by atoms with Crippen LogP contribution in [0.5, 0.6) is 0 Å². The molecule has 20 heavy (non-hydrogen) atoms. The second-order valence-electron chi connectivity index (χ2n) is 4.74. The van der Waals surface area contributed by atoms with Gasteiger partial charge in [0.25, 0.3) is 0 Å². The third-order valence-corrected chi connectivity index (χ3v) is 4.58. The Morgan fingerprint density at radius 1 is 1.20 bits per heavy atom. The van der Waals surface area contributed by atoms with Crippen LogP contribution >= 0.6 is 11.3 Å². The Hall–Kier alpha value is -2.14. The lowest BCUT2D eigenvalue weighted by Crippen LogP contribution is -2.04. The molecular formula is C15H16N4S. The van der Waals surface area contributed by atoms with Crippen LogP contribution in [0.2, 0.25) is 0 Å². The predicted molar refractivity (Wildman–Crippen MR) is 85.1 cm³/mol. The third-order valence-electron chi connectivity index (χ3n) is 3.47. The summed E-state index contributed by atoms with van der Waals surface area (Å²) in [6, 6.07) is 7.86. The summed E-state index contributed by atoms with van der Waals surface area (Å²) in [5, 5.41) is 4.49. The maximum Gasteiger partial charge on any atom is 0.138 e. The highest BCUT2D eigenvalue weighted by molar-refractivity contribution is 7.18. The summed E-state index contributed by atoms with van der Waals surface area (Å²) in [4.78, 5) is 11.0. The van der Waals surface area contributed by atoms with Gasteiger partial charge in [-0.3, -0.25) is 0 Å². The Morgan fingerprint density at radius 3 is 2.80 bits per heavy atom. The van der Waals surface area contributed by atoms with Gasteiger partial charge in [-0.2, -0.15) is 0 Å². The molecule has 0 aliphatic rings. The minimum atomic E-state index is 0.660. The molecular weight excluding hydrogens is 268 g/mol. The van der Waals surface area contributed by atoms with Crippen molar-refractivity contribution in [3.05, 3.63) is 46.6 Å². The lowest BCUT2D eigenvalue weighted by atomic mass is 10.1. The van der Waals surface area contributed by atoms with Crippen molar-refractivity contribution in [2.75, 3.05) is 11.1 Å². The van der Waals surface area contributed by atoms with Crippen molar-refractivity contribution in [3.63, 3.8) is 0 Å². The van der Waals surface area contributed by atoms with Gasteiger partial charge in [-0.15, -0.1) is 11.3 Å². The van der Waals surface area contributed by atoms with Gasteiger partial charge in [0.15, 0.2) is 0 Å². The second kappa shape index (κ2) is 5.09. The fourth-order valence-corrected chi connectivity index (χ4v) is 3.19. The Kier molecular flexibility index (Phi) is 3.28. The van der Waals surface area contributed by atoms with Crippen molar-refractivity contribution in [1.82, 2.24) is 9.97 Å². The fourth-order valence-electron chi connectivity index (χ4n) is 2.19. The van der Waals surface area contributed by atoms with Crippen molar-refractivity contribution in [3.8, 4) is 0 Å². The number of nitrogens with two attached hydrogens (primary N) is 1. The van der Waals surface area contributed by atoms with Gasteiger partial charge in [0.1, 0.15) is 17.0 Å². The van der Waals surface area contributed by atoms with Gasteiger partial charge in [0.2, 0.25) is 0 Å². The molecule has 4 nitrogen and oxygen atoms in total. The summed E-state index contributed by atoms with van der Waals surface area (Å²) in [6.45, 7) is 4.88. The number of nitrogens with zero attached hydrogens (tertiary/aromatic N) is 2. The van der Waals surface area contributed by atoms with E-state index >= 15 is 0 Å². The highest BCUT2D eigenvalue weighted by atomic mass is 32.1. The number of fused-ring (bicyclic) bond motifs is 1. The Bertz CT molecular complexity index is 764. The molecule has 1 aromatic carbocycles.